The first-order chi connectivity index (χ1) is 7.13. The van der Waals surface area contributed by atoms with E-state index in [1.165, 1.54) is 0 Å². The van der Waals surface area contributed by atoms with Crippen LogP contribution in [0.1, 0.15) is 37.8 Å². The van der Waals surface area contributed by atoms with Crippen molar-refractivity contribution in [1.82, 2.24) is 9.97 Å². The minimum atomic E-state index is -0.296. The van der Waals surface area contributed by atoms with Gasteiger partial charge in [-0.15, -0.1) is 0 Å². The Labute approximate surface area is 88.1 Å². The number of rotatable bonds is 4. The molecule has 1 heterocycles. The van der Waals surface area contributed by atoms with Gasteiger partial charge < -0.3 is 14.8 Å². The zero-order valence-corrected chi connectivity index (χ0v) is 9.20. The van der Waals surface area contributed by atoms with Crippen molar-refractivity contribution in [2.45, 2.75) is 32.8 Å². The summed E-state index contributed by atoms with van der Waals surface area (Å²) in [6.07, 6.45) is 0.859. The molecule has 0 aliphatic rings. The number of hydrogen-bond donors (Lipinski definition) is 2. The van der Waals surface area contributed by atoms with E-state index in [9.17, 15) is 9.90 Å². The maximum Gasteiger partial charge on any atom is 0.257 e. The lowest BCUT2D eigenvalue weighted by Crippen LogP contribution is -2.18. The standard InChI is InChI=1S/C10H16N2O3/c1-4-6-9(13)11-8(12-10(6)14)7(5-2)15-3/h7H,4-5H2,1-3H3,(H2,11,12,13,14). The van der Waals surface area contributed by atoms with Gasteiger partial charge in [-0.2, -0.15) is 4.98 Å². The summed E-state index contributed by atoms with van der Waals surface area (Å²) in [5.41, 5.74) is 0.0141. The van der Waals surface area contributed by atoms with Gasteiger partial charge in [0, 0.05) is 7.11 Å². The van der Waals surface area contributed by atoms with Crippen molar-refractivity contribution in [3.63, 3.8) is 0 Å². The molecule has 0 saturated carbocycles. The Kier molecular flexibility index (Phi) is 3.85. The molecule has 0 saturated heterocycles. The summed E-state index contributed by atoms with van der Waals surface area (Å²) in [7, 11) is 1.54. The summed E-state index contributed by atoms with van der Waals surface area (Å²) in [4.78, 5) is 18.1. The zero-order valence-electron chi connectivity index (χ0n) is 9.20. The van der Waals surface area contributed by atoms with E-state index in [0.29, 0.717) is 24.2 Å². The maximum absolute atomic E-state index is 11.5. The van der Waals surface area contributed by atoms with Crippen molar-refractivity contribution in [3.05, 3.63) is 21.7 Å². The number of H-pyrrole nitrogens is 1. The summed E-state index contributed by atoms with van der Waals surface area (Å²) >= 11 is 0. The largest absolute Gasteiger partial charge is 0.493 e. The highest BCUT2D eigenvalue weighted by Crippen LogP contribution is 2.18. The van der Waals surface area contributed by atoms with Gasteiger partial charge in [-0.1, -0.05) is 13.8 Å². The Morgan fingerprint density at radius 3 is 2.60 bits per heavy atom. The Morgan fingerprint density at radius 1 is 1.53 bits per heavy atom. The minimum Gasteiger partial charge on any atom is -0.493 e. The molecule has 0 aliphatic carbocycles. The van der Waals surface area contributed by atoms with Crippen molar-refractivity contribution >= 4 is 0 Å². The Morgan fingerprint density at radius 2 is 2.20 bits per heavy atom. The molecule has 0 aliphatic heterocycles. The normalized spacial score (nSPS) is 12.7. The quantitative estimate of drug-likeness (QED) is 0.784. The van der Waals surface area contributed by atoms with E-state index >= 15 is 0 Å². The third-order valence-electron chi connectivity index (χ3n) is 2.33. The lowest BCUT2D eigenvalue weighted by molar-refractivity contribution is 0.0916. The van der Waals surface area contributed by atoms with Gasteiger partial charge in [0.25, 0.3) is 5.56 Å². The Balaban J connectivity index is 3.19. The van der Waals surface area contributed by atoms with Crippen LogP contribution in [0.3, 0.4) is 0 Å². The smallest absolute Gasteiger partial charge is 0.257 e. The van der Waals surface area contributed by atoms with E-state index in [-0.39, 0.29) is 17.5 Å². The fourth-order valence-electron chi connectivity index (χ4n) is 1.45. The van der Waals surface area contributed by atoms with E-state index in [0.717, 1.165) is 0 Å². The molecule has 1 atom stereocenters. The van der Waals surface area contributed by atoms with E-state index < -0.39 is 0 Å². The molecule has 0 bridgehead atoms. The summed E-state index contributed by atoms with van der Waals surface area (Å²) in [5.74, 6) is 0.173. The fraction of sp³-hybridized carbons (Fsp3) is 0.600. The number of methoxy groups -OCH3 is 1. The molecule has 0 amide bonds. The van der Waals surface area contributed by atoms with Crippen LogP contribution in [0.2, 0.25) is 0 Å². The van der Waals surface area contributed by atoms with Gasteiger partial charge in [0.2, 0.25) is 5.88 Å². The van der Waals surface area contributed by atoms with Crippen LogP contribution >= 0.6 is 0 Å². The second-order valence-electron chi connectivity index (χ2n) is 3.24. The first kappa shape index (κ1) is 11.7. The average molecular weight is 212 g/mol. The molecule has 1 unspecified atom stereocenters. The van der Waals surface area contributed by atoms with Crippen LogP contribution in [-0.2, 0) is 11.2 Å². The number of nitrogens with zero attached hydrogens (tertiary/aromatic N) is 1. The highest BCUT2D eigenvalue weighted by Gasteiger charge is 2.15. The van der Waals surface area contributed by atoms with Crippen molar-refractivity contribution in [1.29, 1.82) is 0 Å². The van der Waals surface area contributed by atoms with Gasteiger partial charge in [-0.25, -0.2) is 0 Å². The van der Waals surface area contributed by atoms with E-state index in [2.05, 4.69) is 9.97 Å². The summed E-state index contributed by atoms with van der Waals surface area (Å²) in [5, 5.41) is 9.53. The van der Waals surface area contributed by atoms with Crippen LogP contribution in [0.25, 0.3) is 0 Å². The van der Waals surface area contributed by atoms with Crippen molar-refractivity contribution < 1.29 is 9.84 Å². The lowest BCUT2D eigenvalue weighted by atomic mass is 10.2. The molecule has 5 nitrogen and oxygen atoms in total. The second kappa shape index (κ2) is 4.93. The molecule has 84 valence electrons. The van der Waals surface area contributed by atoms with Gasteiger partial charge in [0.1, 0.15) is 11.9 Å². The number of aromatic amines is 1. The monoisotopic (exact) mass is 212 g/mol. The molecule has 0 aromatic carbocycles. The van der Waals surface area contributed by atoms with E-state index in [4.69, 9.17) is 4.74 Å². The van der Waals surface area contributed by atoms with Crippen LogP contribution in [-0.4, -0.2) is 22.2 Å². The molecule has 1 aromatic heterocycles. The molecule has 0 radical (unpaired) electrons. The predicted molar refractivity (Wildman–Crippen MR) is 55.9 cm³/mol. The molecule has 0 spiro atoms. The third-order valence-corrected chi connectivity index (χ3v) is 2.33. The van der Waals surface area contributed by atoms with Crippen LogP contribution in [0.15, 0.2) is 4.79 Å². The van der Waals surface area contributed by atoms with E-state index in [1.807, 2.05) is 6.92 Å². The number of aromatic nitrogens is 2. The summed E-state index contributed by atoms with van der Waals surface area (Å²) in [6.45, 7) is 3.71. The van der Waals surface area contributed by atoms with E-state index in [1.54, 1.807) is 14.0 Å². The second-order valence-corrected chi connectivity index (χ2v) is 3.24. The fourth-order valence-corrected chi connectivity index (χ4v) is 1.45. The molecule has 0 fully saturated rings. The number of aromatic hydroxyl groups is 1. The highest BCUT2D eigenvalue weighted by molar-refractivity contribution is 5.22. The summed E-state index contributed by atoms with van der Waals surface area (Å²) < 4.78 is 5.13. The third kappa shape index (κ3) is 2.36. The maximum atomic E-state index is 11.5. The van der Waals surface area contributed by atoms with Crippen LogP contribution in [0, 0.1) is 0 Å². The Hall–Kier alpha value is -1.36. The molecular weight excluding hydrogens is 196 g/mol. The van der Waals surface area contributed by atoms with Gasteiger partial charge in [-0.05, 0) is 12.8 Å². The van der Waals surface area contributed by atoms with Crippen molar-refractivity contribution in [3.8, 4) is 5.88 Å². The molecule has 5 heteroatoms. The molecular formula is C10H16N2O3. The molecule has 1 aromatic rings. The minimum absolute atomic E-state index is 0.202. The van der Waals surface area contributed by atoms with Gasteiger partial charge in [0.15, 0.2) is 0 Å². The molecule has 1 rings (SSSR count). The zero-order chi connectivity index (χ0) is 11.4. The van der Waals surface area contributed by atoms with Crippen LogP contribution < -0.4 is 5.56 Å². The first-order valence-electron chi connectivity index (χ1n) is 4.98. The Bertz CT molecular complexity index is 383. The van der Waals surface area contributed by atoms with Crippen LogP contribution in [0.4, 0.5) is 0 Å². The average Bonchev–Trinajstić information content (AvgIpc) is 2.19. The van der Waals surface area contributed by atoms with Crippen molar-refractivity contribution in [2.75, 3.05) is 7.11 Å². The SMILES string of the molecule is CCc1c(O)nc(C(CC)OC)[nH]c1=O. The molecule has 2 N–H and O–H groups in total. The van der Waals surface area contributed by atoms with Gasteiger partial charge in [0.05, 0.1) is 5.56 Å². The number of hydrogen-bond acceptors (Lipinski definition) is 4. The van der Waals surface area contributed by atoms with Gasteiger partial charge >= 0.3 is 0 Å². The summed E-state index contributed by atoms with van der Waals surface area (Å²) in [6, 6.07) is 0. The van der Waals surface area contributed by atoms with Gasteiger partial charge in [-0.3, -0.25) is 4.79 Å². The topological polar surface area (TPSA) is 75.2 Å². The molecule has 15 heavy (non-hydrogen) atoms. The number of ether oxygens (including phenoxy) is 1. The van der Waals surface area contributed by atoms with Crippen LogP contribution in [0.5, 0.6) is 5.88 Å². The highest BCUT2D eigenvalue weighted by atomic mass is 16.5. The number of nitrogens with one attached hydrogen (secondary N) is 1. The predicted octanol–water partition coefficient (Wildman–Crippen LogP) is 1.14. The first-order valence-corrected chi connectivity index (χ1v) is 4.98. The van der Waals surface area contributed by atoms with Crippen molar-refractivity contribution in [2.24, 2.45) is 0 Å². The lowest BCUT2D eigenvalue weighted by Gasteiger charge is -2.12.